The van der Waals surface area contributed by atoms with Crippen molar-refractivity contribution in [2.45, 2.75) is 63.5 Å². The van der Waals surface area contributed by atoms with Crippen molar-refractivity contribution in [3.63, 3.8) is 0 Å². The van der Waals surface area contributed by atoms with E-state index in [1.54, 1.807) is 24.3 Å². The zero-order valence-corrected chi connectivity index (χ0v) is 20.8. The van der Waals surface area contributed by atoms with Crippen molar-refractivity contribution in [3.8, 4) is 0 Å². The van der Waals surface area contributed by atoms with E-state index in [1.165, 1.54) is 17.9 Å². The second-order valence-corrected chi connectivity index (χ2v) is 9.80. The first-order valence-corrected chi connectivity index (χ1v) is 12.6. The molecule has 2 N–H and O–H groups in total. The second kappa shape index (κ2) is 9.55. The number of urea groups is 1. The highest BCUT2D eigenvalue weighted by Gasteiger charge is 2.61. The fraction of sp³-hybridized carbons (Fsp3) is 0.560. The molecule has 2 aromatic rings. The van der Waals surface area contributed by atoms with Crippen molar-refractivity contribution in [3.05, 3.63) is 46.2 Å². The van der Waals surface area contributed by atoms with Gasteiger partial charge in [-0.1, -0.05) is 19.1 Å². The predicted molar refractivity (Wildman–Crippen MR) is 133 cm³/mol. The number of halogens is 3. The number of morpholine rings is 1. The minimum Gasteiger partial charge on any atom is -0.374 e. The van der Waals surface area contributed by atoms with Gasteiger partial charge in [0, 0.05) is 31.4 Å². The zero-order chi connectivity index (χ0) is 26.4. The van der Waals surface area contributed by atoms with Crippen LogP contribution in [0.4, 0.5) is 35.4 Å². The molecule has 4 heterocycles. The van der Waals surface area contributed by atoms with E-state index < -0.39 is 23.8 Å². The van der Waals surface area contributed by atoms with E-state index in [0.717, 1.165) is 16.6 Å². The van der Waals surface area contributed by atoms with E-state index in [-0.39, 0.29) is 37.1 Å². The van der Waals surface area contributed by atoms with Crippen molar-refractivity contribution < 1.29 is 22.7 Å². The van der Waals surface area contributed by atoms with Crippen LogP contribution in [0, 0.1) is 0 Å². The fourth-order valence-corrected chi connectivity index (χ4v) is 5.59. The Balaban J connectivity index is 1.42. The summed E-state index contributed by atoms with van der Waals surface area (Å²) in [5, 5.41) is 5.34. The standard InChI is InChI=1S/C25H31F3N6O3/c1-3-24(25(26,27)28)15-33-21(35)12-20(32-13-19-11-18(32)14-37-19)31-23(33)34(24)10-9-16-5-7-17(8-6-16)30-22(36)29-4-2/h5-8,12,18-19H,3-4,9-11,13-15H2,1-2H3,(H2,29,30,36). The number of amides is 2. The Labute approximate surface area is 212 Å². The van der Waals surface area contributed by atoms with Crippen molar-refractivity contribution in [2.75, 3.05) is 41.4 Å². The van der Waals surface area contributed by atoms with Gasteiger partial charge in [0.1, 0.15) is 5.82 Å². The van der Waals surface area contributed by atoms with Crippen LogP contribution >= 0.6 is 0 Å². The first-order chi connectivity index (χ1) is 17.6. The van der Waals surface area contributed by atoms with Crippen molar-refractivity contribution in [1.82, 2.24) is 14.9 Å². The number of anilines is 3. The highest BCUT2D eigenvalue weighted by molar-refractivity contribution is 5.89. The van der Waals surface area contributed by atoms with Crippen molar-refractivity contribution in [1.29, 1.82) is 0 Å². The molecule has 9 nitrogen and oxygen atoms in total. The molecule has 2 fully saturated rings. The summed E-state index contributed by atoms with van der Waals surface area (Å²) in [5.41, 5.74) is -1.31. The van der Waals surface area contributed by atoms with E-state index in [0.29, 0.717) is 37.6 Å². The van der Waals surface area contributed by atoms with Gasteiger partial charge in [0.25, 0.3) is 5.56 Å². The Morgan fingerprint density at radius 3 is 2.59 bits per heavy atom. The smallest absolute Gasteiger partial charge is 0.374 e. The SMILES string of the molecule is CCNC(=O)Nc1ccc(CCN2c3nc(N4CC5CC4CO5)cc(=O)n3CC2(CC)C(F)(F)F)cc1. The van der Waals surface area contributed by atoms with Gasteiger partial charge in [-0.2, -0.15) is 18.2 Å². The highest BCUT2D eigenvalue weighted by Crippen LogP contribution is 2.46. The molecule has 200 valence electrons. The molecule has 5 rings (SSSR count). The van der Waals surface area contributed by atoms with Gasteiger partial charge in [0.2, 0.25) is 5.95 Å². The molecule has 3 atom stereocenters. The quantitative estimate of drug-likeness (QED) is 0.583. The number of nitrogens with zero attached hydrogens (tertiary/aromatic N) is 4. The van der Waals surface area contributed by atoms with Gasteiger partial charge in [-0.3, -0.25) is 9.36 Å². The maximum Gasteiger partial charge on any atom is 0.413 e. The van der Waals surface area contributed by atoms with Crippen molar-refractivity contribution in [2.24, 2.45) is 0 Å². The van der Waals surface area contributed by atoms with Gasteiger partial charge < -0.3 is 25.2 Å². The topological polar surface area (TPSA) is 91.7 Å². The largest absolute Gasteiger partial charge is 0.413 e. The molecule has 1 aromatic carbocycles. The van der Waals surface area contributed by atoms with E-state index >= 15 is 0 Å². The summed E-state index contributed by atoms with van der Waals surface area (Å²) < 4.78 is 50.6. The van der Waals surface area contributed by atoms with Crippen LogP contribution < -0.4 is 26.0 Å². The Morgan fingerprint density at radius 2 is 2.00 bits per heavy atom. The molecule has 2 amide bonds. The molecule has 0 saturated carbocycles. The van der Waals surface area contributed by atoms with Crippen LogP contribution in [0.25, 0.3) is 0 Å². The van der Waals surface area contributed by atoms with E-state index in [2.05, 4.69) is 15.6 Å². The van der Waals surface area contributed by atoms with Crippen LogP contribution in [-0.4, -0.2) is 65.7 Å². The van der Waals surface area contributed by atoms with E-state index in [4.69, 9.17) is 4.74 Å². The van der Waals surface area contributed by atoms with Crippen LogP contribution in [0.2, 0.25) is 0 Å². The number of hydrogen-bond donors (Lipinski definition) is 2. The van der Waals surface area contributed by atoms with Gasteiger partial charge in [0.05, 0.1) is 25.3 Å². The average Bonchev–Trinajstić information content (AvgIpc) is 3.57. The van der Waals surface area contributed by atoms with Gasteiger partial charge in [-0.05, 0) is 43.9 Å². The maximum absolute atomic E-state index is 14.6. The lowest BCUT2D eigenvalue weighted by Gasteiger charge is -2.39. The summed E-state index contributed by atoms with van der Waals surface area (Å²) in [6.07, 6.45) is -3.58. The van der Waals surface area contributed by atoms with Crippen LogP contribution in [0.3, 0.4) is 0 Å². The molecular weight excluding hydrogens is 489 g/mol. The molecular formula is C25H31F3N6O3. The number of ether oxygens (including phenoxy) is 1. The Kier molecular flexibility index (Phi) is 6.55. The number of alkyl halides is 3. The van der Waals surface area contributed by atoms with Crippen LogP contribution in [0.1, 0.15) is 32.3 Å². The first kappa shape index (κ1) is 25.4. The Hall–Kier alpha value is -3.28. The molecule has 3 unspecified atom stereocenters. The molecule has 37 heavy (non-hydrogen) atoms. The predicted octanol–water partition coefficient (Wildman–Crippen LogP) is 3.14. The van der Waals surface area contributed by atoms with Crippen LogP contribution in [0.15, 0.2) is 35.1 Å². The number of benzene rings is 1. The number of fused-ring (bicyclic) bond motifs is 3. The minimum atomic E-state index is -4.57. The summed E-state index contributed by atoms with van der Waals surface area (Å²) >= 11 is 0. The van der Waals surface area contributed by atoms with Gasteiger partial charge in [-0.25, -0.2) is 4.79 Å². The number of carbonyl (C=O) groups is 1. The molecule has 3 aliphatic heterocycles. The number of aromatic nitrogens is 2. The van der Waals surface area contributed by atoms with Crippen LogP contribution in [0.5, 0.6) is 0 Å². The summed E-state index contributed by atoms with van der Waals surface area (Å²) in [5.74, 6) is 0.465. The molecule has 0 spiro atoms. The summed E-state index contributed by atoms with van der Waals surface area (Å²) in [6, 6.07) is 8.08. The van der Waals surface area contributed by atoms with E-state index in [1.807, 2.05) is 11.8 Å². The van der Waals surface area contributed by atoms with Gasteiger partial charge >= 0.3 is 12.2 Å². The first-order valence-electron chi connectivity index (χ1n) is 12.6. The van der Waals surface area contributed by atoms with E-state index in [9.17, 15) is 22.8 Å². The number of rotatable bonds is 7. The summed E-state index contributed by atoms with van der Waals surface area (Å²) in [7, 11) is 0. The lowest BCUT2D eigenvalue weighted by atomic mass is 9.93. The molecule has 0 radical (unpaired) electrons. The highest BCUT2D eigenvalue weighted by atomic mass is 19.4. The monoisotopic (exact) mass is 520 g/mol. The third-order valence-electron chi connectivity index (χ3n) is 7.63. The number of nitrogens with one attached hydrogen (secondary N) is 2. The molecule has 1 aromatic heterocycles. The fourth-order valence-electron chi connectivity index (χ4n) is 5.59. The summed E-state index contributed by atoms with van der Waals surface area (Å²) in [6.45, 7) is 4.45. The molecule has 12 heteroatoms. The normalized spacial score (nSPS) is 24.5. The molecule has 2 saturated heterocycles. The third kappa shape index (κ3) is 4.51. The average molecular weight is 521 g/mol. The van der Waals surface area contributed by atoms with Crippen LogP contribution in [-0.2, 0) is 17.7 Å². The van der Waals surface area contributed by atoms with Crippen molar-refractivity contribution >= 4 is 23.5 Å². The Bertz CT molecular complexity index is 1220. The van der Waals surface area contributed by atoms with Gasteiger partial charge in [-0.15, -0.1) is 0 Å². The minimum absolute atomic E-state index is 0.0293. The zero-order valence-electron chi connectivity index (χ0n) is 20.8. The number of carbonyl (C=O) groups excluding carboxylic acids is 1. The molecule has 3 aliphatic rings. The maximum atomic E-state index is 14.6. The lowest BCUT2D eigenvalue weighted by Crippen LogP contribution is -2.58. The lowest BCUT2D eigenvalue weighted by molar-refractivity contribution is -0.188. The summed E-state index contributed by atoms with van der Waals surface area (Å²) in [4.78, 5) is 32.7. The molecule has 2 bridgehead atoms. The number of hydrogen-bond acceptors (Lipinski definition) is 6. The molecule has 0 aliphatic carbocycles. The Morgan fingerprint density at radius 1 is 1.24 bits per heavy atom. The van der Waals surface area contributed by atoms with Gasteiger partial charge in [0.15, 0.2) is 5.54 Å². The second-order valence-electron chi connectivity index (χ2n) is 9.80. The third-order valence-corrected chi connectivity index (χ3v) is 7.63.